The number of nitrogens with zero attached hydrogens (tertiary/aromatic N) is 3. The first-order valence-corrected chi connectivity index (χ1v) is 6.64. The van der Waals surface area contributed by atoms with Crippen molar-refractivity contribution in [1.82, 2.24) is 15.5 Å². The molecule has 0 aliphatic rings. The Morgan fingerprint density at radius 3 is 2.88 bits per heavy atom. The summed E-state index contributed by atoms with van der Waals surface area (Å²) in [5, 5.41) is 12.8. The van der Waals surface area contributed by atoms with E-state index in [2.05, 4.69) is 28.4 Å². The highest BCUT2D eigenvalue weighted by molar-refractivity contribution is 8.01. The van der Waals surface area contributed by atoms with Crippen LogP contribution in [0.1, 0.15) is 6.92 Å². The lowest BCUT2D eigenvalue weighted by Gasteiger charge is -2.08. The molecule has 1 atom stereocenters. The normalized spacial score (nSPS) is 12.1. The average Bonchev–Trinajstić information content (AvgIpc) is 2.66. The van der Waals surface area contributed by atoms with E-state index in [1.54, 1.807) is 23.1 Å². The largest absolute Gasteiger partial charge is 0.353 e. The molecule has 1 unspecified atom stereocenters. The maximum absolute atomic E-state index is 5.16. The van der Waals surface area contributed by atoms with Crippen molar-refractivity contribution in [3.05, 3.63) is 0 Å². The molecule has 0 saturated heterocycles. The van der Waals surface area contributed by atoms with Crippen LogP contribution in [0.4, 0.5) is 5.13 Å². The summed E-state index contributed by atoms with van der Waals surface area (Å²) >= 11 is 3.33. The molecule has 1 N–H and O–H groups in total. The van der Waals surface area contributed by atoms with E-state index in [4.69, 9.17) is 6.42 Å². The monoisotopic (exact) mass is 256 g/mol. The van der Waals surface area contributed by atoms with Gasteiger partial charge in [-0.1, -0.05) is 35.9 Å². The third-order valence-corrected chi connectivity index (χ3v) is 4.02. The van der Waals surface area contributed by atoms with Crippen LogP contribution in [0.3, 0.4) is 0 Å². The molecule has 16 heavy (non-hydrogen) atoms. The summed E-state index contributed by atoms with van der Waals surface area (Å²) in [4.78, 5) is 1.96. The Kier molecular flexibility index (Phi) is 5.60. The number of terminal acetylenes is 1. The topological polar surface area (TPSA) is 41.1 Å². The van der Waals surface area contributed by atoms with Gasteiger partial charge in [0.2, 0.25) is 5.13 Å². The molecule has 88 valence electrons. The van der Waals surface area contributed by atoms with Crippen LogP contribution in [-0.2, 0) is 0 Å². The van der Waals surface area contributed by atoms with Crippen molar-refractivity contribution in [2.45, 2.75) is 16.5 Å². The molecule has 4 nitrogen and oxygen atoms in total. The lowest BCUT2D eigenvalue weighted by molar-refractivity contribution is 0.747. The molecule has 0 aliphatic carbocycles. The van der Waals surface area contributed by atoms with Crippen molar-refractivity contribution >= 4 is 28.2 Å². The maximum Gasteiger partial charge on any atom is 0.208 e. The number of rotatable bonds is 6. The van der Waals surface area contributed by atoms with E-state index >= 15 is 0 Å². The van der Waals surface area contributed by atoms with Gasteiger partial charge in [-0.05, 0) is 0 Å². The third-order valence-electron chi connectivity index (χ3n) is 1.74. The van der Waals surface area contributed by atoms with Crippen LogP contribution in [-0.4, -0.2) is 42.6 Å². The van der Waals surface area contributed by atoms with E-state index < -0.39 is 0 Å². The highest BCUT2D eigenvalue weighted by atomic mass is 32.2. The summed E-state index contributed by atoms with van der Waals surface area (Å²) < 4.78 is 0.999. The molecule has 1 aromatic rings. The number of aromatic nitrogens is 2. The molecule has 0 radical (unpaired) electrons. The predicted octanol–water partition coefficient (Wildman–Crippen LogP) is 1.31. The van der Waals surface area contributed by atoms with Crippen LogP contribution < -0.4 is 10.2 Å². The Labute approximate surface area is 105 Å². The molecule has 0 fully saturated rings. The first-order valence-electron chi connectivity index (χ1n) is 4.95. The van der Waals surface area contributed by atoms with Gasteiger partial charge in [0.25, 0.3) is 0 Å². The van der Waals surface area contributed by atoms with Gasteiger partial charge in [0, 0.05) is 25.9 Å². The van der Waals surface area contributed by atoms with E-state index in [9.17, 15) is 0 Å². The van der Waals surface area contributed by atoms with Crippen LogP contribution in [0.2, 0.25) is 0 Å². The maximum atomic E-state index is 5.16. The van der Waals surface area contributed by atoms with Crippen LogP contribution >= 0.6 is 23.1 Å². The quantitative estimate of drug-likeness (QED) is 0.472. The van der Waals surface area contributed by atoms with Crippen LogP contribution in [0, 0.1) is 12.3 Å². The van der Waals surface area contributed by atoms with E-state index in [1.807, 2.05) is 19.0 Å². The first-order chi connectivity index (χ1) is 7.63. The van der Waals surface area contributed by atoms with Gasteiger partial charge in [-0.3, -0.25) is 0 Å². The molecule has 0 spiro atoms. The second-order valence-electron chi connectivity index (χ2n) is 3.51. The Morgan fingerprint density at radius 1 is 1.56 bits per heavy atom. The fourth-order valence-electron chi connectivity index (χ4n) is 0.992. The van der Waals surface area contributed by atoms with Gasteiger partial charge < -0.3 is 10.2 Å². The molecule has 1 aromatic heterocycles. The van der Waals surface area contributed by atoms with Crippen LogP contribution in [0.25, 0.3) is 0 Å². The summed E-state index contributed by atoms with van der Waals surface area (Å²) in [5.74, 6) is 2.55. The van der Waals surface area contributed by atoms with Crippen LogP contribution in [0.15, 0.2) is 4.34 Å². The summed E-state index contributed by atoms with van der Waals surface area (Å²) in [6.07, 6.45) is 5.16. The zero-order valence-corrected chi connectivity index (χ0v) is 11.4. The van der Waals surface area contributed by atoms with Gasteiger partial charge in [-0.2, -0.15) is 0 Å². The molecule has 0 amide bonds. The highest BCUT2D eigenvalue weighted by Crippen LogP contribution is 2.29. The second kappa shape index (κ2) is 6.74. The minimum absolute atomic E-state index is 0.441. The smallest absolute Gasteiger partial charge is 0.208 e. The molecule has 1 rings (SSSR count). The number of anilines is 1. The van der Waals surface area contributed by atoms with Gasteiger partial charge in [0.1, 0.15) is 0 Å². The summed E-state index contributed by atoms with van der Waals surface area (Å²) in [6, 6.07) is 0. The van der Waals surface area contributed by atoms with Gasteiger partial charge >= 0.3 is 0 Å². The van der Waals surface area contributed by atoms with Gasteiger partial charge in [-0.25, -0.2) is 0 Å². The molecule has 0 saturated carbocycles. The Bertz CT molecular complexity index is 356. The van der Waals surface area contributed by atoms with Crippen molar-refractivity contribution in [1.29, 1.82) is 0 Å². The molecule has 0 aliphatic heterocycles. The fraction of sp³-hybridized carbons (Fsp3) is 0.600. The molecular weight excluding hydrogens is 240 g/mol. The lowest BCUT2D eigenvalue weighted by atomic mass is 10.4. The number of nitrogens with one attached hydrogen (secondary N) is 1. The lowest BCUT2D eigenvalue weighted by Crippen LogP contribution is -2.22. The second-order valence-corrected chi connectivity index (χ2v) is 6.15. The molecule has 1 heterocycles. The minimum Gasteiger partial charge on any atom is -0.353 e. The van der Waals surface area contributed by atoms with Crippen molar-refractivity contribution < 1.29 is 0 Å². The van der Waals surface area contributed by atoms with Crippen molar-refractivity contribution in [2.24, 2.45) is 0 Å². The highest BCUT2D eigenvalue weighted by Gasteiger charge is 2.10. The molecule has 6 heteroatoms. The zero-order chi connectivity index (χ0) is 12.0. The fourth-order valence-corrected chi connectivity index (χ4v) is 3.04. The Balaban J connectivity index is 2.38. The van der Waals surface area contributed by atoms with Crippen molar-refractivity contribution in [3.63, 3.8) is 0 Å². The SMILES string of the molecule is C#CCNCC(C)Sc1nnc(N(C)C)s1. The van der Waals surface area contributed by atoms with E-state index in [0.717, 1.165) is 16.0 Å². The summed E-state index contributed by atoms with van der Waals surface area (Å²) in [7, 11) is 3.93. The number of thioether (sulfide) groups is 1. The standard InChI is InChI=1S/C10H16N4S2/c1-5-6-11-7-8(2)15-10-13-12-9(16-10)14(3)4/h1,8,11H,6-7H2,2-4H3. The molecular formula is C10H16N4S2. The Morgan fingerprint density at radius 2 is 2.31 bits per heavy atom. The van der Waals surface area contributed by atoms with Crippen molar-refractivity contribution in [2.75, 3.05) is 32.1 Å². The minimum atomic E-state index is 0.441. The van der Waals surface area contributed by atoms with Crippen LogP contribution in [0.5, 0.6) is 0 Å². The van der Waals surface area contributed by atoms with E-state index in [0.29, 0.717) is 11.8 Å². The molecule has 0 aromatic carbocycles. The van der Waals surface area contributed by atoms with Gasteiger partial charge in [-0.15, -0.1) is 16.6 Å². The summed E-state index contributed by atoms with van der Waals surface area (Å²) in [6.45, 7) is 3.64. The third kappa shape index (κ3) is 4.39. The van der Waals surface area contributed by atoms with Gasteiger partial charge in [0.05, 0.1) is 6.54 Å². The average molecular weight is 256 g/mol. The first kappa shape index (κ1) is 13.3. The summed E-state index contributed by atoms with van der Waals surface area (Å²) in [5.41, 5.74) is 0. The predicted molar refractivity (Wildman–Crippen MR) is 71.3 cm³/mol. The number of hydrogen-bond acceptors (Lipinski definition) is 6. The Hall–Kier alpha value is -0.770. The number of hydrogen-bond donors (Lipinski definition) is 1. The molecule has 0 bridgehead atoms. The zero-order valence-electron chi connectivity index (χ0n) is 9.73. The van der Waals surface area contributed by atoms with E-state index in [-0.39, 0.29) is 0 Å². The van der Waals surface area contributed by atoms with Gasteiger partial charge in [0.15, 0.2) is 4.34 Å². The van der Waals surface area contributed by atoms with E-state index in [1.165, 1.54) is 0 Å². The van der Waals surface area contributed by atoms with Crippen molar-refractivity contribution in [3.8, 4) is 12.3 Å².